The molecule has 0 aliphatic carbocycles. The maximum Gasteiger partial charge on any atom is 0.262 e. The van der Waals surface area contributed by atoms with Crippen LogP contribution in [0.1, 0.15) is 16.7 Å². The second-order valence-corrected chi connectivity index (χ2v) is 13.0. The van der Waals surface area contributed by atoms with Crippen LogP contribution in [0.4, 0.5) is 5.69 Å². The largest absolute Gasteiger partial charge is 0.496 e. The molecule has 0 atom stereocenters. The number of hydrogen-bond acceptors (Lipinski definition) is 6. The zero-order valence-corrected chi connectivity index (χ0v) is 22.5. The summed E-state index contributed by atoms with van der Waals surface area (Å²) in [5.41, 5.74) is 2.34. The second-order valence-electron chi connectivity index (χ2n) is 7.70. The molecule has 182 valence electrons. The number of benzene rings is 3. The van der Waals surface area contributed by atoms with Crippen molar-refractivity contribution in [2.75, 3.05) is 23.3 Å². The van der Waals surface area contributed by atoms with Gasteiger partial charge in [0.05, 0.1) is 28.3 Å². The van der Waals surface area contributed by atoms with Crippen molar-refractivity contribution in [3.05, 3.63) is 76.3 Å². The Bertz CT molecular complexity index is 1400. The molecule has 0 aliphatic rings. The van der Waals surface area contributed by atoms with Crippen molar-refractivity contribution in [1.82, 2.24) is 0 Å². The number of thioether (sulfide) groups is 1. The molecule has 10 heteroatoms. The van der Waals surface area contributed by atoms with Crippen LogP contribution in [0.2, 0.25) is 5.02 Å². The first-order valence-corrected chi connectivity index (χ1v) is 14.8. The Morgan fingerprint density at radius 1 is 0.941 bits per heavy atom. The van der Waals surface area contributed by atoms with E-state index >= 15 is 0 Å². The summed E-state index contributed by atoms with van der Waals surface area (Å²) >= 11 is 7.12. The van der Waals surface area contributed by atoms with E-state index in [4.69, 9.17) is 16.3 Å². The number of aryl methyl sites for hydroxylation is 1. The Labute approximate surface area is 210 Å². The zero-order chi connectivity index (χ0) is 25.1. The molecule has 6 nitrogen and oxygen atoms in total. The molecule has 3 rings (SSSR count). The van der Waals surface area contributed by atoms with Gasteiger partial charge in [0.15, 0.2) is 9.84 Å². The maximum absolute atomic E-state index is 13.3. The molecule has 0 saturated carbocycles. The predicted molar refractivity (Wildman–Crippen MR) is 139 cm³/mol. The van der Waals surface area contributed by atoms with Gasteiger partial charge in [0.25, 0.3) is 10.0 Å². The van der Waals surface area contributed by atoms with Crippen molar-refractivity contribution < 1.29 is 21.6 Å². The third-order valence-corrected chi connectivity index (χ3v) is 10.4. The molecule has 0 heterocycles. The van der Waals surface area contributed by atoms with E-state index in [-0.39, 0.29) is 21.3 Å². The van der Waals surface area contributed by atoms with Crippen LogP contribution in [0, 0.1) is 20.8 Å². The fourth-order valence-electron chi connectivity index (χ4n) is 3.54. The van der Waals surface area contributed by atoms with Gasteiger partial charge in [0.1, 0.15) is 5.75 Å². The minimum atomic E-state index is -3.89. The van der Waals surface area contributed by atoms with Crippen LogP contribution in [0.3, 0.4) is 0 Å². The molecule has 0 amide bonds. The van der Waals surface area contributed by atoms with E-state index < -0.39 is 19.9 Å². The Hall–Kier alpha value is -2.20. The fourth-order valence-corrected chi connectivity index (χ4v) is 8.01. The van der Waals surface area contributed by atoms with E-state index in [2.05, 4.69) is 4.72 Å². The summed E-state index contributed by atoms with van der Waals surface area (Å²) < 4.78 is 59.9. The number of anilines is 1. The normalized spacial score (nSPS) is 11.9. The monoisotopic (exact) mass is 539 g/mol. The Morgan fingerprint density at radius 3 is 2.24 bits per heavy atom. The first kappa shape index (κ1) is 26.4. The minimum Gasteiger partial charge on any atom is -0.496 e. The number of para-hydroxylation sites is 1. The van der Waals surface area contributed by atoms with Gasteiger partial charge in [0, 0.05) is 15.7 Å². The second kappa shape index (κ2) is 10.6. The Balaban J connectivity index is 1.81. The van der Waals surface area contributed by atoms with E-state index in [1.54, 1.807) is 51.3 Å². The number of rotatable bonds is 9. The summed E-state index contributed by atoms with van der Waals surface area (Å²) in [6.07, 6.45) is 0. The Kier molecular flexibility index (Phi) is 8.23. The van der Waals surface area contributed by atoms with Crippen LogP contribution in [0.15, 0.2) is 69.3 Å². The number of nitrogens with one attached hydrogen (secondary N) is 1. The maximum atomic E-state index is 13.3. The third-order valence-electron chi connectivity index (χ3n) is 5.38. The number of methoxy groups -OCH3 is 1. The summed E-state index contributed by atoms with van der Waals surface area (Å²) in [7, 11) is -5.84. The molecule has 34 heavy (non-hydrogen) atoms. The van der Waals surface area contributed by atoms with Crippen LogP contribution in [-0.2, 0) is 19.9 Å². The summed E-state index contributed by atoms with van der Waals surface area (Å²) in [6.45, 7) is 5.30. The quantitative estimate of drug-likeness (QED) is 0.354. The number of sulfonamides is 1. The highest BCUT2D eigenvalue weighted by atomic mass is 35.5. The highest BCUT2D eigenvalue weighted by Gasteiger charge is 2.24. The lowest BCUT2D eigenvalue weighted by Crippen LogP contribution is -2.17. The minimum absolute atomic E-state index is 0.101. The van der Waals surface area contributed by atoms with Gasteiger partial charge in [-0.3, -0.25) is 4.72 Å². The van der Waals surface area contributed by atoms with Gasteiger partial charge >= 0.3 is 0 Å². The molecule has 0 aromatic heterocycles. The summed E-state index contributed by atoms with van der Waals surface area (Å²) in [6, 6.07) is 14.7. The van der Waals surface area contributed by atoms with Crippen LogP contribution in [0.25, 0.3) is 0 Å². The molecular weight excluding hydrogens is 514 g/mol. The van der Waals surface area contributed by atoms with Crippen molar-refractivity contribution in [2.45, 2.75) is 35.5 Å². The smallest absolute Gasteiger partial charge is 0.262 e. The van der Waals surface area contributed by atoms with Gasteiger partial charge in [0.2, 0.25) is 0 Å². The zero-order valence-electron chi connectivity index (χ0n) is 19.3. The summed E-state index contributed by atoms with van der Waals surface area (Å²) in [4.78, 5) is 1.04. The predicted octanol–water partition coefficient (Wildman–Crippen LogP) is 5.64. The third kappa shape index (κ3) is 5.89. The fraction of sp³-hybridized carbons (Fsp3) is 0.250. The van der Waals surface area contributed by atoms with Crippen LogP contribution in [0.5, 0.6) is 5.75 Å². The lowest BCUT2D eigenvalue weighted by Gasteiger charge is -2.18. The molecule has 1 N–H and O–H groups in total. The highest BCUT2D eigenvalue weighted by molar-refractivity contribution is 8.01. The highest BCUT2D eigenvalue weighted by Crippen LogP contribution is 2.34. The van der Waals surface area contributed by atoms with Crippen LogP contribution in [-0.4, -0.2) is 35.5 Å². The Morgan fingerprint density at radius 2 is 1.59 bits per heavy atom. The summed E-state index contributed by atoms with van der Waals surface area (Å²) in [5, 5.41) is 0.465. The molecule has 0 saturated heterocycles. The topological polar surface area (TPSA) is 89.5 Å². The van der Waals surface area contributed by atoms with E-state index in [0.29, 0.717) is 32.5 Å². The lowest BCUT2D eigenvalue weighted by molar-refractivity contribution is 0.410. The first-order valence-electron chi connectivity index (χ1n) is 10.3. The average Bonchev–Trinajstić information content (AvgIpc) is 2.77. The van der Waals surface area contributed by atoms with Gasteiger partial charge in [-0.2, -0.15) is 0 Å². The van der Waals surface area contributed by atoms with Crippen molar-refractivity contribution >= 4 is 48.9 Å². The van der Waals surface area contributed by atoms with E-state index in [0.717, 1.165) is 5.56 Å². The van der Waals surface area contributed by atoms with Gasteiger partial charge < -0.3 is 4.74 Å². The van der Waals surface area contributed by atoms with E-state index in [9.17, 15) is 16.8 Å². The van der Waals surface area contributed by atoms with Gasteiger partial charge in [-0.05, 0) is 79.9 Å². The number of halogens is 1. The standard InChI is InChI=1S/C24H26ClNO5S3/c1-16-15-22(31-4)17(2)18(3)24(16)34(29,30)26-21-7-5-6-8-23(21)32-13-14-33(27,28)20-11-9-19(25)10-12-20/h5-12,15,26H,13-14H2,1-4H3. The number of ether oxygens (including phenoxy) is 1. The molecule has 0 aliphatic heterocycles. The SMILES string of the molecule is COc1cc(C)c(S(=O)(=O)Nc2ccccc2SCCS(=O)(=O)c2ccc(Cl)cc2)c(C)c1C. The van der Waals surface area contributed by atoms with Crippen molar-refractivity contribution in [2.24, 2.45) is 0 Å². The number of sulfone groups is 1. The molecule has 0 unspecified atom stereocenters. The molecule has 0 fully saturated rings. The van der Waals surface area contributed by atoms with Crippen LogP contribution < -0.4 is 9.46 Å². The molecule has 3 aromatic rings. The number of hydrogen-bond donors (Lipinski definition) is 1. The first-order chi connectivity index (χ1) is 16.0. The molecule has 0 radical (unpaired) electrons. The van der Waals surface area contributed by atoms with Crippen molar-refractivity contribution in [3.63, 3.8) is 0 Å². The molecular formula is C24H26ClNO5S3. The van der Waals surface area contributed by atoms with E-state index in [1.165, 1.54) is 36.0 Å². The molecule has 0 bridgehead atoms. The molecule has 3 aromatic carbocycles. The molecule has 0 spiro atoms. The summed E-state index contributed by atoms with van der Waals surface area (Å²) in [5.74, 6) is 0.784. The van der Waals surface area contributed by atoms with Crippen molar-refractivity contribution in [1.29, 1.82) is 0 Å². The average molecular weight is 540 g/mol. The van der Waals surface area contributed by atoms with Gasteiger partial charge in [-0.15, -0.1) is 11.8 Å². The van der Waals surface area contributed by atoms with E-state index in [1.807, 2.05) is 6.92 Å². The lowest BCUT2D eigenvalue weighted by atomic mass is 10.1. The van der Waals surface area contributed by atoms with Crippen LogP contribution >= 0.6 is 23.4 Å². The van der Waals surface area contributed by atoms with Gasteiger partial charge in [-0.1, -0.05) is 23.7 Å². The van der Waals surface area contributed by atoms with Gasteiger partial charge in [-0.25, -0.2) is 16.8 Å². The van der Waals surface area contributed by atoms with Crippen molar-refractivity contribution in [3.8, 4) is 5.75 Å².